The van der Waals surface area contributed by atoms with Gasteiger partial charge in [0, 0.05) is 12.5 Å². The van der Waals surface area contributed by atoms with E-state index in [2.05, 4.69) is 9.71 Å². The van der Waals surface area contributed by atoms with Crippen molar-refractivity contribution in [3.05, 3.63) is 23.9 Å². The Morgan fingerprint density at radius 3 is 2.83 bits per heavy atom. The van der Waals surface area contributed by atoms with Crippen LogP contribution >= 0.6 is 11.9 Å². The van der Waals surface area contributed by atoms with Crippen LogP contribution in [0.3, 0.4) is 0 Å². The van der Waals surface area contributed by atoms with Gasteiger partial charge in [-0.25, -0.2) is 9.78 Å². The number of anilines is 1. The number of carboxylic acid groups (broad SMARTS) is 1. The second-order valence-electron chi connectivity index (χ2n) is 2.04. The predicted molar refractivity (Wildman–Crippen MR) is 48.3 cm³/mol. The van der Waals surface area contributed by atoms with Gasteiger partial charge in [-0.1, -0.05) is 11.9 Å². The number of carbonyl (C=O) groups is 1. The number of hydrogen-bond acceptors (Lipinski definition) is 4. The summed E-state index contributed by atoms with van der Waals surface area (Å²) in [7, 11) is 0. The normalized spacial score (nSPS) is 9.42. The lowest BCUT2D eigenvalue weighted by atomic mass is 10.3. The van der Waals surface area contributed by atoms with Gasteiger partial charge in [0.15, 0.2) is 0 Å². The number of hydrogen-bond donors (Lipinski definition) is 2. The zero-order valence-corrected chi connectivity index (χ0v) is 7.26. The Morgan fingerprint density at radius 1 is 1.67 bits per heavy atom. The van der Waals surface area contributed by atoms with Crippen molar-refractivity contribution in [1.29, 1.82) is 0 Å². The maximum atomic E-state index is 10.4. The number of pyridine rings is 1. The molecule has 0 fully saturated rings. The molecule has 0 atom stereocenters. The van der Waals surface area contributed by atoms with Crippen LogP contribution in [0.25, 0.3) is 0 Å². The molecule has 12 heavy (non-hydrogen) atoms. The average Bonchev–Trinajstić information content (AvgIpc) is 2.06. The Hall–Kier alpha value is -1.23. The lowest BCUT2D eigenvalue weighted by Gasteiger charge is -1.99. The number of aromatic carboxylic acids is 1. The molecule has 0 spiro atoms. The van der Waals surface area contributed by atoms with Crippen LogP contribution in [0.2, 0.25) is 0 Å². The van der Waals surface area contributed by atoms with Crippen LogP contribution in [0, 0.1) is 0 Å². The molecule has 1 heterocycles. The maximum absolute atomic E-state index is 10.4. The molecule has 2 N–H and O–H groups in total. The smallest absolute Gasteiger partial charge is 0.337 e. The van der Waals surface area contributed by atoms with E-state index in [0.717, 1.165) is 0 Å². The monoisotopic (exact) mass is 184 g/mol. The zero-order valence-electron chi connectivity index (χ0n) is 6.44. The summed E-state index contributed by atoms with van der Waals surface area (Å²) >= 11 is 1.41. The van der Waals surface area contributed by atoms with Crippen molar-refractivity contribution in [2.24, 2.45) is 0 Å². The van der Waals surface area contributed by atoms with E-state index in [9.17, 15) is 4.79 Å². The molecule has 5 heteroatoms. The second kappa shape index (κ2) is 3.96. The van der Waals surface area contributed by atoms with Crippen LogP contribution in [0.15, 0.2) is 18.3 Å². The van der Waals surface area contributed by atoms with Crippen molar-refractivity contribution in [1.82, 2.24) is 4.98 Å². The highest BCUT2D eigenvalue weighted by molar-refractivity contribution is 7.99. The minimum absolute atomic E-state index is 0.196. The van der Waals surface area contributed by atoms with E-state index >= 15 is 0 Å². The fraction of sp³-hybridized carbons (Fsp3) is 0.143. The Labute approximate surface area is 74.1 Å². The molecule has 0 radical (unpaired) electrons. The minimum Gasteiger partial charge on any atom is -0.478 e. The van der Waals surface area contributed by atoms with Crippen molar-refractivity contribution in [3.8, 4) is 0 Å². The summed E-state index contributed by atoms with van der Waals surface area (Å²) < 4.78 is 2.89. The molecule has 1 aromatic rings. The second-order valence-corrected chi connectivity index (χ2v) is 2.66. The van der Waals surface area contributed by atoms with Crippen LogP contribution in [-0.2, 0) is 0 Å². The Kier molecular flexibility index (Phi) is 2.93. The third kappa shape index (κ3) is 2.13. The van der Waals surface area contributed by atoms with Crippen LogP contribution in [0.1, 0.15) is 10.4 Å². The molecule has 0 saturated carbocycles. The molecule has 0 amide bonds. The fourth-order valence-corrected chi connectivity index (χ4v) is 1.02. The van der Waals surface area contributed by atoms with E-state index in [4.69, 9.17) is 5.11 Å². The summed E-state index contributed by atoms with van der Waals surface area (Å²) in [5.41, 5.74) is 0.196. The number of rotatable bonds is 3. The molecular weight excluding hydrogens is 176 g/mol. The van der Waals surface area contributed by atoms with Crippen molar-refractivity contribution in [3.63, 3.8) is 0 Å². The van der Waals surface area contributed by atoms with Crippen molar-refractivity contribution in [2.75, 3.05) is 11.0 Å². The van der Waals surface area contributed by atoms with Gasteiger partial charge in [-0.2, -0.15) is 0 Å². The van der Waals surface area contributed by atoms with Gasteiger partial charge in [0.05, 0.1) is 5.56 Å². The number of nitrogens with one attached hydrogen (secondary N) is 1. The first-order valence-corrected chi connectivity index (χ1v) is 4.45. The number of nitrogens with zero attached hydrogens (tertiary/aromatic N) is 1. The largest absolute Gasteiger partial charge is 0.478 e. The molecule has 0 bridgehead atoms. The number of carboxylic acids is 1. The van der Waals surface area contributed by atoms with Gasteiger partial charge in [-0.05, 0) is 12.1 Å². The molecule has 1 aromatic heterocycles. The summed E-state index contributed by atoms with van der Waals surface area (Å²) in [5.74, 6) is -0.300. The molecule has 64 valence electrons. The Bertz CT molecular complexity index is 273. The van der Waals surface area contributed by atoms with E-state index in [1.807, 2.05) is 6.26 Å². The van der Waals surface area contributed by atoms with Crippen molar-refractivity contribution < 1.29 is 9.90 Å². The molecular formula is C7H8N2O2S. The Morgan fingerprint density at radius 2 is 2.42 bits per heavy atom. The SMILES string of the molecule is CSNc1ccc(C(=O)O)cn1. The highest BCUT2D eigenvalue weighted by Gasteiger charge is 2.01. The van der Waals surface area contributed by atoms with Gasteiger partial charge in [-0.15, -0.1) is 0 Å². The minimum atomic E-state index is -0.960. The third-order valence-electron chi connectivity index (χ3n) is 1.22. The van der Waals surface area contributed by atoms with Crippen LogP contribution < -0.4 is 4.72 Å². The highest BCUT2D eigenvalue weighted by atomic mass is 32.2. The summed E-state index contributed by atoms with van der Waals surface area (Å²) in [4.78, 5) is 14.3. The highest BCUT2D eigenvalue weighted by Crippen LogP contribution is 2.07. The summed E-state index contributed by atoms with van der Waals surface area (Å²) in [6, 6.07) is 3.13. The van der Waals surface area contributed by atoms with E-state index in [1.165, 1.54) is 24.2 Å². The van der Waals surface area contributed by atoms with Crippen LogP contribution in [0.4, 0.5) is 5.82 Å². The van der Waals surface area contributed by atoms with E-state index in [0.29, 0.717) is 5.82 Å². The van der Waals surface area contributed by atoms with E-state index < -0.39 is 5.97 Å². The third-order valence-corrected chi connectivity index (χ3v) is 1.63. The predicted octanol–water partition coefficient (Wildman–Crippen LogP) is 1.47. The molecule has 0 aliphatic carbocycles. The van der Waals surface area contributed by atoms with Gasteiger partial charge < -0.3 is 9.83 Å². The standard InChI is InChI=1S/C7H8N2O2S/c1-12-9-6-3-2-5(4-8-6)7(10)11/h2-4H,1H3,(H,8,9)(H,10,11). The lowest BCUT2D eigenvalue weighted by Crippen LogP contribution is -1.97. The van der Waals surface area contributed by atoms with Gasteiger partial charge >= 0.3 is 5.97 Å². The quantitative estimate of drug-likeness (QED) is 0.696. The van der Waals surface area contributed by atoms with Gasteiger partial charge in [0.25, 0.3) is 0 Å². The first kappa shape index (κ1) is 8.86. The first-order valence-electron chi connectivity index (χ1n) is 3.22. The van der Waals surface area contributed by atoms with Crippen molar-refractivity contribution in [2.45, 2.75) is 0 Å². The zero-order chi connectivity index (χ0) is 8.97. The molecule has 0 aliphatic rings. The van der Waals surface area contributed by atoms with Gasteiger partial charge in [0.2, 0.25) is 0 Å². The van der Waals surface area contributed by atoms with Gasteiger partial charge in [0.1, 0.15) is 5.82 Å². The van der Waals surface area contributed by atoms with Crippen LogP contribution in [-0.4, -0.2) is 22.3 Å². The molecule has 0 aromatic carbocycles. The maximum Gasteiger partial charge on any atom is 0.337 e. The molecule has 4 nitrogen and oxygen atoms in total. The first-order chi connectivity index (χ1) is 5.74. The molecule has 0 aliphatic heterocycles. The van der Waals surface area contributed by atoms with Gasteiger partial charge in [-0.3, -0.25) is 0 Å². The topological polar surface area (TPSA) is 62.2 Å². The molecule has 0 saturated heterocycles. The Balaban J connectivity index is 2.78. The summed E-state index contributed by atoms with van der Waals surface area (Å²) in [6.07, 6.45) is 3.19. The molecule has 1 rings (SSSR count). The van der Waals surface area contributed by atoms with E-state index in [-0.39, 0.29) is 5.56 Å². The van der Waals surface area contributed by atoms with Crippen molar-refractivity contribution >= 4 is 23.7 Å². The number of aromatic nitrogens is 1. The molecule has 0 unspecified atom stereocenters. The van der Waals surface area contributed by atoms with Crippen LogP contribution in [0.5, 0.6) is 0 Å². The van der Waals surface area contributed by atoms with E-state index in [1.54, 1.807) is 6.07 Å². The average molecular weight is 184 g/mol. The summed E-state index contributed by atoms with van der Waals surface area (Å²) in [6.45, 7) is 0. The lowest BCUT2D eigenvalue weighted by molar-refractivity contribution is 0.0696. The fourth-order valence-electron chi connectivity index (χ4n) is 0.685. The summed E-state index contributed by atoms with van der Waals surface area (Å²) in [5, 5.41) is 8.54.